The van der Waals surface area contributed by atoms with E-state index in [4.69, 9.17) is 19.9 Å². The van der Waals surface area contributed by atoms with E-state index in [1.54, 1.807) is 49.6 Å². The second-order valence-electron chi connectivity index (χ2n) is 4.47. The minimum Gasteiger partial charge on any atom is -0.497 e. The SMILES string of the molecule is COc1ccc(OCC(=O)Nc2ccc(N)cc2OC)cc1. The van der Waals surface area contributed by atoms with Crippen molar-refractivity contribution in [3.63, 3.8) is 0 Å². The third-order valence-corrected chi connectivity index (χ3v) is 2.93. The Hall–Kier alpha value is -2.89. The highest BCUT2D eigenvalue weighted by molar-refractivity contribution is 5.93. The summed E-state index contributed by atoms with van der Waals surface area (Å²) in [6.45, 7) is -0.111. The number of benzene rings is 2. The van der Waals surface area contributed by atoms with Crippen LogP contribution in [0.15, 0.2) is 42.5 Å². The van der Waals surface area contributed by atoms with Crippen molar-refractivity contribution in [2.24, 2.45) is 0 Å². The number of methoxy groups -OCH3 is 2. The standard InChI is InChI=1S/C16H18N2O4/c1-20-12-4-6-13(7-5-12)22-10-16(19)18-14-8-3-11(17)9-15(14)21-2/h3-9H,10,17H2,1-2H3,(H,18,19). The highest BCUT2D eigenvalue weighted by Crippen LogP contribution is 2.26. The second-order valence-corrected chi connectivity index (χ2v) is 4.47. The van der Waals surface area contributed by atoms with Crippen LogP contribution in [0, 0.1) is 0 Å². The molecule has 0 atom stereocenters. The Morgan fingerprint density at radius 1 is 1.05 bits per heavy atom. The molecule has 0 saturated heterocycles. The highest BCUT2D eigenvalue weighted by atomic mass is 16.5. The van der Waals surface area contributed by atoms with Gasteiger partial charge in [-0.25, -0.2) is 0 Å². The van der Waals surface area contributed by atoms with Gasteiger partial charge in [-0.1, -0.05) is 0 Å². The van der Waals surface area contributed by atoms with E-state index in [2.05, 4.69) is 5.32 Å². The lowest BCUT2D eigenvalue weighted by Gasteiger charge is -2.11. The van der Waals surface area contributed by atoms with Crippen LogP contribution in [0.4, 0.5) is 11.4 Å². The molecule has 0 spiro atoms. The number of hydrogen-bond donors (Lipinski definition) is 2. The third kappa shape index (κ3) is 4.05. The molecule has 0 bridgehead atoms. The minimum atomic E-state index is -0.293. The molecule has 1 amide bonds. The second kappa shape index (κ2) is 7.21. The van der Waals surface area contributed by atoms with Gasteiger partial charge in [0.15, 0.2) is 6.61 Å². The van der Waals surface area contributed by atoms with Crippen LogP contribution >= 0.6 is 0 Å². The number of nitrogens with two attached hydrogens (primary N) is 1. The lowest BCUT2D eigenvalue weighted by Crippen LogP contribution is -2.20. The number of ether oxygens (including phenoxy) is 3. The fraction of sp³-hybridized carbons (Fsp3) is 0.188. The molecule has 0 unspecified atom stereocenters. The molecular formula is C16H18N2O4. The van der Waals surface area contributed by atoms with Crippen LogP contribution < -0.4 is 25.3 Å². The van der Waals surface area contributed by atoms with E-state index in [-0.39, 0.29) is 12.5 Å². The normalized spacial score (nSPS) is 9.91. The summed E-state index contributed by atoms with van der Waals surface area (Å²) in [5.74, 6) is 1.51. The van der Waals surface area contributed by atoms with Gasteiger partial charge in [-0.3, -0.25) is 4.79 Å². The largest absolute Gasteiger partial charge is 0.497 e. The Morgan fingerprint density at radius 3 is 2.36 bits per heavy atom. The number of nitrogens with one attached hydrogen (secondary N) is 1. The average Bonchev–Trinajstić information content (AvgIpc) is 2.55. The molecule has 0 aromatic heterocycles. The summed E-state index contributed by atoms with van der Waals surface area (Å²) in [5.41, 5.74) is 6.77. The van der Waals surface area contributed by atoms with Gasteiger partial charge in [-0.05, 0) is 36.4 Å². The van der Waals surface area contributed by atoms with Crippen molar-refractivity contribution in [3.8, 4) is 17.2 Å². The van der Waals surface area contributed by atoms with Gasteiger partial charge in [0.1, 0.15) is 17.2 Å². The smallest absolute Gasteiger partial charge is 0.262 e. The summed E-state index contributed by atoms with van der Waals surface area (Å²) in [5, 5.41) is 2.71. The van der Waals surface area contributed by atoms with Crippen molar-refractivity contribution < 1.29 is 19.0 Å². The zero-order valence-electron chi connectivity index (χ0n) is 12.5. The van der Waals surface area contributed by atoms with Gasteiger partial charge in [0.25, 0.3) is 5.91 Å². The van der Waals surface area contributed by atoms with E-state index in [0.717, 1.165) is 5.75 Å². The van der Waals surface area contributed by atoms with Crippen molar-refractivity contribution in [3.05, 3.63) is 42.5 Å². The Kier molecular flexibility index (Phi) is 5.08. The summed E-state index contributed by atoms with van der Waals surface area (Å²) >= 11 is 0. The topological polar surface area (TPSA) is 82.8 Å². The molecule has 6 nitrogen and oxygen atoms in total. The molecular weight excluding hydrogens is 284 g/mol. The molecule has 0 saturated carbocycles. The predicted molar refractivity (Wildman–Crippen MR) is 84.5 cm³/mol. The highest BCUT2D eigenvalue weighted by Gasteiger charge is 2.08. The summed E-state index contributed by atoms with van der Waals surface area (Å²) < 4.78 is 15.6. The van der Waals surface area contributed by atoms with E-state index in [1.165, 1.54) is 7.11 Å². The Morgan fingerprint density at radius 2 is 1.73 bits per heavy atom. The first-order chi connectivity index (χ1) is 10.6. The van der Waals surface area contributed by atoms with Crippen LogP contribution in [-0.4, -0.2) is 26.7 Å². The van der Waals surface area contributed by atoms with Crippen molar-refractivity contribution in [1.29, 1.82) is 0 Å². The number of anilines is 2. The van der Waals surface area contributed by atoms with E-state index in [1.807, 2.05) is 0 Å². The fourth-order valence-electron chi connectivity index (χ4n) is 1.82. The molecule has 3 N–H and O–H groups in total. The van der Waals surface area contributed by atoms with Crippen LogP contribution in [0.1, 0.15) is 0 Å². The Bertz CT molecular complexity index is 641. The first-order valence-electron chi connectivity index (χ1n) is 6.62. The van der Waals surface area contributed by atoms with Gasteiger partial charge in [0, 0.05) is 11.8 Å². The first-order valence-corrected chi connectivity index (χ1v) is 6.62. The zero-order chi connectivity index (χ0) is 15.9. The molecule has 2 aromatic rings. The number of amides is 1. The number of rotatable bonds is 6. The van der Waals surface area contributed by atoms with E-state index in [9.17, 15) is 4.79 Å². The van der Waals surface area contributed by atoms with Crippen LogP contribution in [0.5, 0.6) is 17.2 Å². The van der Waals surface area contributed by atoms with E-state index < -0.39 is 0 Å². The molecule has 6 heteroatoms. The maximum absolute atomic E-state index is 11.9. The van der Waals surface area contributed by atoms with Gasteiger partial charge in [0.05, 0.1) is 19.9 Å². The summed E-state index contributed by atoms with van der Waals surface area (Å²) in [7, 11) is 3.10. The minimum absolute atomic E-state index is 0.111. The maximum atomic E-state index is 11.9. The molecule has 116 valence electrons. The predicted octanol–water partition coefficient (Wildman–Crippen LogP) is 2.30. The summed E-state index contributed by atoms with van der Waals surface area (Å²) in [4.78, 5) is 11.9. The van der Waals surface area contributed by atoms with Gasteiger partial charge < -0.3 is 25.3 Å². The maximum Gasteiger partial charge on any atom is 0.262 e. The van der Waals surface area contributed by atoms with Crippen LogP contribution in [0.3, 0.4) is 0 Å². The zero-order valence-corrected chi connectivity index (χ0v) is 12.5. The Labute approximate surface area is 128 Å². The van der Waals surface area contributed by atoms with Crippen LogP contribution in [0.25, 0.3) is 0 Å². The molecule has 0 radical (unpaired) electrons. The van der Waals surface area contributed by atoms with Gasteiger partial charge in [-0.15, -0.1) is 0 Å². The summed E-state index contributed by atoms with van der Waals surface area (Å²) in [6.07, 6.45) is 0. The van der Waals surface area contributed by atoms with Crippen molar-refractivity contribution >= 4 is 17.3 Å². The van der Waals surface area contributed by atoms with Crippen molar-refractivity contribution in [1.82, 2.24) is 0 Å². The van der Waals surface area contributed by atoms with E-state index in [0.29, 0.717) is 22.9 Å². The molecule has 0 aliphatic rings. The lowest BCUT2D eigenvalue weighted by molar-refractivity contribution is -0.118. The molecule has 0 fully saturated rings. The number of carbonyl (C=O) groups excluding carboxylic acids is 1. The Balaban J connectivity index is 1.92. The number of nitrogen functional groups attached to an aromatic ring is 1. The molecule has 22 heavy (non-hydrogen) atoms. The molecule has 2 rings (SSSR count). The fourth-order valence-corrected chi connectivity index (χ4v) is 1.82. The molecule has 2 aromatic carbocycles. The molecule has 0 heterocycles. The molecule has 0 aliphatic carbocycles. The summed E-state index contributed by atoms with van der Waals surface area (Å²) in [6, 6.07) is 12.0. The van der Waals surface area contributed by atoms with Gasteiger partial charge in [-0.2, -0.15) is 0 Å². The van der Waals surface area contributed by atoms with Crippen molar-refractivity contribution in [2.45, 2.75) is 0 Å². The van der Waals surface area contributed by atoms with E-state index >= 15 is 0 Å². The third-order valence-electron chi connectivity index (χ3n) is 2.93. The molecule has 0 aliphatic heterocycles. The number of hydrogen-bond acceptors (Lipinski definition) is 5. The van der Waals surface area contributed by atoms with Crippen LogP contribution in [-0.2, 0) is 4.79 Å². The monoisotopic (exact) mass is 302 g/mol. The number of carbonyl (C=O) groups is 1. The van der Waals surface area contributed by atoms with Crippen molar-refractivity contribution in [2.75, 3.05) is 31.9 Å². The van der Waals surface area contributed by atoms with Crippen LogP contribution in [0.2, 0.25) is 0 Å². The van der Waals surface area contributed by atoms with Gasteiger partial charge >= 0.3 is 0 Å². The quantitative estimate of drug-likeness (QED) is 0.800. The van der Waals surface area contributed by atoms with Gasteiger partial charge in [0.2, 0.25) is 0 Å². The average molecular weight is 302 g/mol. The lowest BCUT2D eigenvalue weighted by atomic mass is 10.2. The first kappa shape index (κ1) is 15.5.